The van der Waals surface area contributed by atoms with Gasteiger partial charge in [0.1, 0.15) is 0 Å². The molecular formula is C26H29BrClN5O2. The minimum Gasteiger partial charge on any atom is -0.368 e. The molecule has 0 N–H and O–H groups in total. The van der Waals surface area contributed by atoms with E-state index < -0.39 is 0 Å². The minimum atomic E-state index is 0.0885. The van der Waals surface area contributed by atoms with Gasteiger partial charge in [-0.2, -0.15) is 4.98 Å². The molecule has 5 rings (SSSR count). The van der Waals surface area contributed by atoms with Crippen LogP contribution in [0.5, 0.6) is 0 Å². The van der Waals surface area contributed by atoms with Crippen molar-refractivity contribution >= 4 is 39.1 Å². The molecule has 0 spiro atoms. The molecule has 0 atom stereocenters. The molecule has 2 saturated heterocycles. The normalized spacial score (nSPS) is 17.7. The van der Waals surface area contributed by atoms with Gasteiger partial charge in [-0.25, -0.2) is 0 Å². The number of rotatable bonds is 5. The average Bonchev–Trinajstić information content (AvgIpc) is 3.34. The number of benzene rings is 2. The van der Waals surface area contributed by atoms with E-state index in [-0.39, 0.29) is 5.92 Å². The van der Waals surface area contributed by atoms with Crippen molar-refractivity contribution in [2.75, 3.05) is 44.2 Å². The van der Waals surface area contributed by atoms with Gasteiger partial charge in [-0.1, -0.05) is 50.9 Å². The van der Waals surface area contributed by atoms with Gasteiger partial charge in [0.2, 0.25) is 17.6 Å². The Labute approximate surface area is 219 Å². The predicted octanol–water partition coefficient (Wildman–Crippen LogP) is 5.02. The number of halogens is 2. The second kappa shape index (κ2) is 10.7. The lowest BCUT2D eigenvalue weighted by atomic mass is 9.95. The lowest BCUT2D eigenvalue weighted by Gasteiger charge is -2.39. The average molecular weight is 559 g/mol. The Bertz CT molecular complexity index is 1190. The summed E-state index contributed by atoms with van der Waals surface area (Å²) in [7, 11) is 0. The van der Waals surface area contributed by atoms with Crippen molar-refractivity contribution in [3.05, 3.63) is 63.4 Å². The third kappa shape index (κ3) is 5.71. The van der Waals surface area contributed by atoms with Gasteiger partial charge in [0, 0.05) is 52.8 Å². The first kappa shape index (κ1) is 24.3. The quantitative estimate of drug-likeness (QED) is 0.438. The summed E-state index contributed by atoms with van der Waals surface area (Å²) in [4.78, 5) is 24.4. The standard InChI is InChI=1S/C26H29BrClN5O2/c1-18-5-6-22(28)16-23(18)32-11-13-33(14-12-32)26(34)19-7-9-31(10-8-19)17-24-29-25(30-35-24)20-3-2-4-21(27)15-20/h2-6,15-16,19H,7-14,17H2,1H3. The number of aryl methyl sites for hydroxylation is 1. The maximum absolute atomic E-state index is 13.2. The van der Waals surface area contributed by atoms with Crippen LogP contribution in [0.25, 0.3) is 11.4 Å². The number of carbonyl (C=O) groups is 1. The van der Waals surface area contributed by atoms with Crippen molar-refractivity contribution in [3.8, 4) is 11.4 Å². The number of piperidine rings is 1. The maximum Gasteiger partial charge on any atom is 0.241 e. The third-order valence-corrected chi connectivity index (χ3v) is 7.68. The van der Waals surface area contributed by atoms with Crippen LogP contribution in [0, 0.1) is 12.8 Å². The number of anilines is 1. The number of hydrogen-bond donors (Lipinski definition) is 0. The SMILES string of the molecule is Cc1ccc(Cl)cc1N1CCN(C(=O)C2CCN(Cc3nc(-c4cccc(Br)c4)no3)CC2)CC1. The summed E-state index contributed by atoms with van der Waals surface area (Å²) < 4.78 is 6.47. The van der Waals surface area contributed by atoms with Crippen molar-refractivity contribution in [2.24, 2.45) is 5.92 Å². The zero-order valence-electron chi connectivity index (χ0n) is 19.8. The first-order valence-electron chi connectivity index (χ1n) is 12.1. The van der Waals surface area contributed by atoms with E-state index in [2.05, 4.69) is 48.9 Å². The smallest absolute Gasteiger partial charge is 0.241 e. The molecule has 9 heteroatoms. The minimum absolute atomic E-state index is 0.0885. The second-order valence-electron chi connectivity index (χ2n) is 9.32. The zero-order valence-corrected chi connectivity index (χ0v) is 22.1. The van der Waals surface area contributed by atoms with E-state index in [0.29, 0.717) is 24.2 Å². The van der Waals surface area contributed by atoms with Gasteiger partial charge in [0.25, 0.3) is 0 Å². The summed E-state index contributed by atoms with van der Waals surface area (Å²) in [5.74, 6) is 1.59. The first-order chi connectivity index (χ1) is 17.0. The molecule has 0 unspecified atom stereocenters. The fraction of sp³-hybridized carbons (Fsp3) is 0.423. The summed E-state index contributed by atoms with van der Waals surface area (Å²) in [6, 6.07) is 13.9. The van der Waals surface area contributed by atoms with E-state index in [4.69, 9.17) is 16.1 Å². The molecule has 35 heavy (non-hydrogen) atoms. The molecule has 0 bridgehead atoms. The summed E-state index contributed by atoms with van der Waals surface area (Å²) in [6.45, 7) is 7.61. The monoisotopic (exact) mass is 557 g/mol. The van der Waals surface area contributed by atoms with Gasteiger partial charge in [-0.15, -0.1) is 0 Å². The van der Waals surface area contributed by atoms with Gasteiger partial charge in [0.15, 0.2) is 0 Å². The van der Waals surface area contributed by atoms with Gasteiger partial charge >= 0.3 is 0 Å². The third-order valence-electron chi connectivity index (χ3n) is 6.95. The summed E-state index contributed by atoms with van der Waals surface area (Å²) in [5.41, 5.74) is 3.30. The van der Waals surface area contributed by atoms with Crippen LogP contribution in [0.3, 0.4) is 0 Å². The highest BCUT2D eigenvalue weighted by Gasteiger charge is 2.31. The van der Waals surface area contributed by atoms with E-state index in [9.17, 15) is 4.79 Å². The lowest BCUT2D eigenvalue weighted by molar-refractivity contribution is -0.137. The van der Waals surface area contributed by atoms with E-state index in [1.54, 1.807) is 0 Å². The molecule has 0 aliphatic carbocycles. The Morgan fingerprint density at radius 3 is 2.60 bits per heavy atom. The van der Waals surface area contributed by atoms with Crippen LogP contribution >= 0.6 is 27.5 Å². The van der Waals surface area contributed by atoms with Crippen LogP contribution in [0.2, 0.25) is 5.02 Å². The fourth-order valence-electron chi connectivity index (χ4n) is 4.94. The van der Waals surface area contributed by atoms with Crippen molar-refractivity contribution in [3.63, 3.8) is 0 Å². The van der Waals surface area contributed by atoms with Crippen LogP contribution in [0.4, 0.5) is 5.69 Å². The van der Waals surface area contributed by atoms with Crippen molar-refractivity contribution in [2.45, 2.75) is 26.3 Å². The summed E-state index contributed by atoms with van der Waals surface area (Å²) in [6.07, 6.45) is 1.72. The molecule has 2 aliphatic heterocycles. The number of carbonyl (C=O) groups excluding carboxylic acids is 1. The van der Waals surface area contributed by atoms with Gasteiger partial charge in [-0.3, -0.25) is 9.69 Å². The largest absolute Gasteiger partial charge is 0.368 e. The molecular weight excluding hydrogens is 530 g/mol. The number of aromatic nitrogens is 2. The fourth-order valence-corrected chi connectivity index (χ4v) is 5.51. The highest BCUT2D eigenvalue weighted by molar-refractivity contribution is 9.10. The van der Waals surface area contributed by atoms with Gasteiger partial charge in [-0.05, 0) is 62.7 Å². The molecule has 0 radical (unpaired) electrons. The molecule has 3 heterocycles. The van der Waals surface area contributed by atoms with Gasteiger partial charge < -0.3 is 14.3 Å². The van der Waals surface area contributed by atoms with Crippen molar-refractivity contribution in [1.82, 2.24) is 19.9 Å². The number of nitrogens with zero attached hydrogens (tertiary/aromatic N) is 5. The van der Waals surface area contributed by atoms with Crippen LogP contribution in [0.15, 0.2) is 51.5 Å². The van der Waals surface area contributed by atoms with Crippen LogP contribution in [-0.2, 0) is 11.3 Å². The molecule has 1 amide bonds. The molecule has 3 aromatic rings. The molecule has 0 saturated carbocycles. The Balaban J connectivity index is 1.10. The van der Waals surface area contributed by atoms with E-state index in [1.165, 1.54) is 11.3 Å². The number of piperazine rings is 1. The van der Waals surface area contributed by atoms with Gasteiger partial charge in [0.05, 0.1) is 6.54 Å². The van der Waals surface area contributed by atoms with Crippen molar-refractivity contribution < 1.29 is 9.32 Å². The number of hydrogen-bond acceptors (Lipinski definition) is 6. The Hall–Kier alpha value is -2.42. The Kier molecular flexibility index (Phi) is 7.41. The van der Waals surface area contributed by atoms with E-state index >= 15 is 0 Å². The predicted molar refractivity (Wildman–Crippen MR) is 140 cm³/mol. The molecule has 7 nitrogen and oxygen atoms in total. The highest BCUT2D eigenvalue weighted by Crippen LogP contribution is 2.27. The van der Waals surface area contributed by atoms with Crippen LogP contribution in [-0.4, -0.2) is 65.1 Å². The topological polar surface area (TPSA) is 65.7 Å². The summed E-state index contributed by atoms with van der Waals surface area (Å²) in [5, 5.41) is 4.88. The van der Waals surface area contributed by atoms with Crippen LogP contribution < -0.4 is 4.90 Å². The van der Waals surface area contributed by atoms with E-state index in [1.807, 2.05) is 41.3 Å². The number of amides is 1. The zero-order chi connectivity index (χ0) is 24.4. The Morgan fingerprint density at radius 2 is 1.86 bits per heavy atom. The van der Waals surface area contributed by atoms with E-state index in [0.717, 1.165) is 67.2 Å². The first-order valence-corrected chi connectivity index (χ1v) is 13.2. The summed E-state index contributed by atoms with van der Waals surface area (Å²) >= 11 is 9.68. The molecule has 2 fully saturated rings. The lowest BCUT2D eigenvalue weighted by Crippen LogP contribution is -2.51. The molecule has 2 aromatic carbocycles. The molecule has 2 aliphatic rings. The van der Waals surface area contributed by atoms with Crippen molar-refractivity contribution in [1.29, 1.82) is 0 Å². The molecule has 1 aromatic heterocycles. The molecule has 184 valence electrons. The van der Waals surface area contributed by atoms with Crippen LogP contribution in [0.1, 0.15) is 24.3 Å². The Morgan fingerprint density at radius 1 is 1.09 bits per heavy atom. The number of likely N-dealkylation sites (tertiary alicyclic amines) is 1. The maximum atomic E-state index is 13.2. The second-order valence-corrected chi connectivity index (χ2v) is 10.7. The highest BCUT2D eigenvalue weighted by atomic mass is 79.9.